The minimum absolute atomic E-state index is 0.149. The van der Waals surface area contributed by atoms with Crippen molar-refractivity contribution < 1.29 is 9.90 Å². The summed E-state index contributed by atoms with van der Waals surface area (Å²) in [4.78, 5) is 13.3. The molecule has 0 spiro atoms. The highest BCUT2D eigenvalue weighted by molar-refractivity contribution is 8.00. The molecule has 0 saturated heterocycles. The largest absolute Gasteiger partial charge is 0.478 e. The van der Waals surface area contributed by atoms with Gasteiger partial charge in [-0.2, -0.15) is 0 Å². The smallest absolute Gasteiger partial charge is 0.335 e. The van der Waals surface area contributed by atoms with Crippen LogP contribution in [0.5, 0.6) is 0 Å². The second kappa shape index (κ2) is 5.59. The van der Waals surface area contributed by atoms with Crippen LogP contribution in [0.15, 0.2) is 51.1 Å². The Morgan fingerprint density at radius 1 is 1.26 bits per heavy atom. The van der Waals surface area contributed by atoms with E-state index in [0.717, 1.165) is 9.79 Å². The van der Waals surface area contributed by atoms with Gasteiger partial charge >= 0.3 is 5.97 Å². The molecular formula is C14H13NO2S2. The fraction of sp³-hybridized carbons (Fsp3) is 0.0714. The van der Waals surface area contributed by atoms with Crippen LogP contribution in [0.25, 0.3) is 0 Å². The number of thiol groups is 1. The van der Waals surface area contributed by atoms with Crippen molar-refractivity contribution in [1.82, 2.24) is 0 Å². The zero-order chi connectivity index (χ0) is 14.0. The molecule has 0 radical (unpaired) electrons. The molecule has 0 fully saturated rings. The molecule has 0 aliphatic rings. The van der Waals surface area contributed by atoms with Crippen LogP contribution in [0.3, 0.4) is 0 Å². The van der Waals surface area contributed by atoms with Crippen molar-refractivity contribution in [3.8, 4) is 0 Å². The Hall–Kier alpha value is -1.59. The van der Waals surface area contributed by atoms with Gasteiger partial charge in [-0.05, 0) is 31.2 Å². The number of rotatable bonds is 3. The van der Waals surface area contributed by atoms with Gasteiger partial charge in [0.25, 0.3) is 0 Å². The molecule has 0 atom stereocenters. The van der Waals surface area contributed by atoms with Crippen molar-refractivity contribution in [3.63, 3.8) is 0 Å². The summed E-state index contributed by atoms with van der Waals surface area (Å²) in [7, 11) is 0. The van der Waals surface area contributed by atoms with E-state index in [2.05, 4.69) is 12.6 Å². The van der Waals surface area contributed by atoms with Crippen molar-refractivity contribution >= 4 is 36.0 Å². The Morgan fingerprint density at radius 3 is 2.42 bits per heavy atom. The number of nitrogens with two attached hydrogens (primary N) is 1. The highest BCUT2D eigenvalue weighted by Crippen LogP contribution is 2.37. The van der Waals surface area contributed by atoms with Crippen molar-refractivity contribution in [2.75, 3.05) is 5.73 Å². The van der Waals surface area contributed by atoms with Gasteiger partial charge in [-0.1, -0.05) is 29.5 Å². The molecule has 2 rings (SSSR count). The lowest BCUT2D eigenvalue weighted by Gasteiger charge is -2.10. The van der Waals surface area contributed by atoms with Crippen LogP contribution in [-0.4, -0.2) is 11.1 Å². The van der Waals surface area contributed by atoms with Gasteiger partial charge in [-0.25, -0.2) is 4.79 Å². The Bertz CT molecular complexity index is 601. The Kier molecular flexibility index (Phi) is 4.07. The van der Waals surface area contributed by atoms with Crippen LogP contribution in [0, 0.1) is 6.92 Å². The van der Waals surface area contributed by atoms with Crippen LogP contribution >= 0.6 is 24.4 Å². The maximum atomic E-state index is 10.9. The first-order chi connectivity index (χ1) is 8.97. The first-order valence-corrected chi connectivity index (χ1v) is 6.84. The number of hydrogen-bond donors (Lipinski definition) is 3. The summed E-state index contributed by atoms with van der Waals surface area (Å²) in [5.74, 6) is -1.01. The second-order valence-corrected chi connectivity index (χ2v) is 5.70. The summed E-state index contributed by atoms with van der Waals surface area (Å²) >= 11 is 5.79. The number of benzene rings is 2. The van der Waals surface area contributed by atoms with E-state index in [0.29, 0.717) is 10.6 Å². The van der Waals surface area contributed by atoms with Crippen LogP contribution in [0.4, 0.5) is 5.69 Å². The maximum Gasteiger partial charge on any atom is 0.335 e. The molecule has 0 bridgehead atoms. The molecule has 5 heteroatoms. The van der Waals surface area contributed by atoms with Gasteiger partial charge in [0.1, 0.15) is 0 Å². The number of aromatic carboxylic acids is 1. The van der Waals surface area contributed by atoms with E-state index in [1.807, 2.05) is 31.2 Å². The molecular weight excluding hydrogens is 278 g/mol. The number of anilines is 1. The lowest BCUT2D eigenvalue weighted by Crippen LogP contribution is -2.00. The predicted molar refractivity (Wildman–Crippen MR) is 80.4 cm³/mol. The average Bonchev–Trinajstić information content (AvgIpc) is 2.35. The van der Waals surface area contributed by atoms with Gasteiger partial charge in [-0.3, -0.25) is 0 Å². The molecule has 2 aromatic carbocycles. The summed E-state index contributed by atoms with van der Waals surface area (Å²) in [6.07, 6.45) is 0. The van der Waals surface area contributed by atoms with Gasteiger partial charge in [0.05, 0.1) is 5.56 Å². The third-order valence-electron chi connectivity index (χ3n) is 2.59. The van der Waals surface area contributed by atoms with Crippen LogP contribution < -0.4 is 5.73 Å². The quantitative estimate of drug-likeness (QED) is 0.596. The third kappa shape index (κ3) is 3.24. The van der Waals surface area contributed by atoms with E-state index in [1.165, 1.54) is 29.5 Å². The molecule has 0 amide bonds. The molecule has 98 valence electrons. The number of aryl methyl sites for hydroxylation is 1. The molecule has 19 heavy (non-hydrogen) atoms. The van der Waals surface area contributed by atoms with E-state index in [9.17, 15) is 4.79 Å². The molecule has 0 heterocycles. The minimum atomic E-state index is -1.01. The SMILES string of the molecule is Cc1ccc(Sc2c(N)cc(C(=O)O)cc2S)cc1. The van der Waals surface area contributed by atoms with Gasteiger partial charge in [-0.15, -0.1) is 12.6 Å². The molecule has 0 unspecified atom stereocenters. The average molecular weight is 291 g/mol. The zero-order valence-corrected chi connectivity index (χ0v) is 12.0. The molecule has 3 nitrogen and oxygen atoms in total. The highest BCUT2D eigenvalue weighted by atomic mass is 32.2. The summed E-state index contributed by atoms with van der Waals surface area (Å²) < 4.78 is 0. The zero-order valence-electron chi connectivity index (χ0n) is 10.3. The topological polar surface area (TPSA) is 63.3 Å². The maximum absolute atomic E-state index is 10.9. The van der Waals surface area contributed by atoms with Crippen molar-refractivity contribution in [1.29, 1.82) is 0 Å². The lowest BCUT2D eigenvalue weighted by atomic mass is 10.2. The molecule has 3 N–H and O–H groups in total. The predicted octanol–water partition coefficient (Wildman–Crippen LogP) is 3.72. The Morgan fingerprint density at radius 2 is 1.89 bits per heavy atom. The third-order valence-corrected chi connectivity index (χ3v) is 4.26. The van der Waals surface area contributed by atoms with Crippen LogP contribution in [-0.2, 0) is 0 Å². The van der Waals surface area contributed by atoms with Crippen molar-refractivity contribution in [2.45, 2.75) is 21.6 Å². The summed E-state index contributed by atoms with van der Waals surface area (Å²) in [6, 6.07) is 11.0. The summed E-state index contributed by atoms with van der Waals surface area (Å²) in [6.45, 7) is 2.02. The highest BCUT2D eigenvalue weighted by Gasteiger charge is 2.12. The van der Waals surface area contributed by atoms with Crippen LogP contribution in [0.2, 0.25) is 0 Å². The van der Waals surface area contributed by atoms with Crippen molar-refractivity contribution in [3.05, 3.63) is 47.5 Å². The van der Waals surface area contributed by atoms with Gasteiger partial charge in [0.15, 0.2) is 0 Å². The van der Waals surface area contributed by atoms with Crippen molar-refractivity contribution in [2.24, 2.45) is 0 Å². The first-order valence-electron chi connectivity index (χ1n) is 5.57. The number of carbonyl (C=O) groups is 1. The normalized spacial score (nSPS) is 10.4. The minimum Gasteiger partial charge on any atom is -0.478 e. The van der Waals surface area contributed by atoms with E-state index in [-0.39, 0.29) is 5.56 Å². The fourth-order valence-electron chi connectivity index (χ4n) is 1.59. The Balaban J connectivity index is 2.35. The van der Waals surface area contributed by atoms with Crippen LogP contribution in [0.1, 0.15) is 15.9 Å². The molecule has 0 aliphatic carbocycles. The van der Waals surface area contributed by atoms with Gasteiger partial charge in [0.2, 0.25) is 0 Å². The first kappa shape index (κ1) is 13.8. The van der Waals surface area contributed by atoms with Gasteiger partial charge < -0.3 is 10.8 Å². The number of carboxylic acids is 1. The fourth-order valence-corrected chi connectivity index (χ4v) is 2.85. The summed E-state index contributed by atoms with van der Waals surface area (Å²) in [5.41, 5.74) is 7.66. The van der Waals surface area contributed by atoms with Gasteiger partial charge in [0, 0.05) is 20.4 Å². The summed E-state index contributed by atoms with van der Waals surface area (Å²) in [5, 5.41) is 8.95. The van der Waals surface area contributed by atoms with E-state index in [4.69, 9.17) is 10.8 Å². The molecule has 0 aromatic heterocycles. The lowest BCUT2D eigenvalue weighted by molar-refractivity contribution is 0.0696. The second-order valence-electron chi connectivity index (χ2n) is 4.13. The van der Waals surface area contributed by atoms with E-state index < -0.39 is 5.97 Å². The molecule has 2 aromatic rings. The Labute approximate surface area is 121 Å². The standard InChI is InChI=1S/C14H13NO2S2/c1-8-2-4-10(5-3-8)19-13-11(15)6-9(14(16)17)7-12(13)18/h2-7,18H,15H2,1H3,(H,16,17). The molecule has 0 aliphatic heterocycles. The number of hydrogen-bond acceptors (Lipinski definition) is 4. The monoisotopic (exact) mass is 291 g/mol. The number of nitrogen functional groups attached to an aromatic ring is 1. The molecule has 0 saturated carbocycles. The van der Waals surface area contributed by atoms with E-state index >= 15 is 0 Å². The number of carboxylic acid groups (broad SMARTS) is 1. The van der Waals surface area contributed by atoms with E-state index in [1.54, 1.807) is 0 Å².